The van der Waals surface area contributed by atoms with E-state index in [0.717, 1.165) is 44.1 Å². The van der Waals surface area contributed by atoms with Crippen LogP contribution in [-0.2, 0) is 21.3 Å². The smallest absolute Gasteiger partial charge is 0.294 e. The minimum atomic E-state index is -4.17. The summed E-state index contributed by atoms with van der Waals surface area (Å²) in [6.45, 7) is 10.8. The molecule has 5 atom stereocenters. The van der Waals surface area contributed by atoms with Gasteiger partial charge in [0.05, 0.1) is 4.90 Å². The van der Waals surface area contributed by atoms with Gasteiger partial charge in [-0.15, -0.1) is 0 Å². The van der Waals surface area contributed by atoms with Crippen molar-refractivity contribution in [3.8, 4) is 0 Å². The van der Waals surface area contributed by atoms with Crippen LogP contribution in [0.5, 0.6) is 0 Å². The summed E-state index contributed by atoms with van der Waals surface area (Å²) in [5, 5.41) is 0. The van der Waals surface area contributed by atoms with Gasteiger partial charge in [-0.3, -0.25) is 9.35 Å². The van der Waals surface area contributed by atoms with Gasteiger partial charge in [-0.2, -0.15) is 8.42 Å². The van der Waals surface area contributed by atoms with Gasteiger partial charge in [0, 0.05) is 69.4 Å². The van der Waals surface area contributed by atoms with E-state index in [-0.39, 0.29) is 79.7 Å². The van der Waals surface area contributed by atoms with Crippen molar-refractivity contribution in [2.45, 2.75) is 96.0 Å². The number of fused-ring (bicyclic) bond motifs is 5. The number of aryl methyl sites for hydroxylation is 1. The number of nitrogens with zero attached hydrogens (tertiary/aromatic N) is 1. The Balaban J connectivity index is 0.00000289. The van der Waals surface area contributed by atoms with Gasteiger partial charge >= 0.3 is 0 Å². The minimum Gasteiger partial charge on any atom is -0.338 e. The van der Waals surface area contributed by atoms with E-state index in [1.165, 1.54) is 5.56 Å². The Bertz CT molecular complexity index is 968. The molecule has 0 spiro atoms. The number of benzene rings is 1. The second-order valence-electron chi connectivity index (χ2n) is 10.9. The van der Waals surface area contributed by atoms with Gasteiger partial charge < -0.3 is 4.90 Å². The van der Waals surface area contributed by atoms with Crippen LogP contribution < -0.4 is 0 Å². The Kier molecular flexibility index (Phi) is 8.14. The molecule has 7 heteroatoms. The summed E-state index contributed by atoms with van der Waals surface area (Å²) in [4.78, 5) is 15.7. The van der Waals surface area contributed by atoms with E-state index >= 15 is 0 Å². The van der Waals surface area contributed by atoms with E-state index < -0.39 is 10.1 Å². The monoisotopic (exact) mass is 486 g/mol. The van der Waals surface area contributed by atoms with Crippen molar-refractivity contribution < 1.29 is 17.8 Å². The Morgan fingerprint density at radius 2 is 1.75 bits per heavy atom. The summed E-state index contributed by atoms with van der Waals surface area (Å²) < 4.78 is 32.5. The quantitative estimate of drug-likeness (QED) is 0.496. The van der Waals surface area contributed by atoms with Gasteiger partial charge in [-0.25, -0.2) is 0 Å². The van der Waals surface area contributed by atoms with Gasteiger partial charge in [0.25, 0.3) is 10.1 Å². The van der Waals surface area contributed by atoms with Gasteiger partial charge in [0.2, 0.25) is 5.91 Å². The molecular weight excluding hydrogens is 449 g/mol. The van der Waals surface area contributed by atoms with Crippen molar-refractivity contribution in [3.05, 3.63) is 29.3 Å². The maximum Gasteiger partial charge on any atom is 0.294 e. The molecule has 1 aromatic rings. The predicted molar refractivity (Wildman–Crippen MR) is 127 cm³/mol. The molecule has 0 aliphatic heterocycles. The number of amides is 1. The van der Waals surface area contributed by atoms with E-state index in [1.807, 2.05) is 6.07 Å². The first-order valence-corrected chi connectivity index (χ1v) is 13.3. The van der Waals surface area contributed by atoms with Crippen LogP contribution in [0.1, 0.15) is 83.8 Å². The molecule has 0 heterocycles. The summed E-state index contributed by atoms with van der Waals surface area (Å²) in [5.74, 6) is 1.95. The van der Waals surface area contributed by atoms with Crippen molar-refractivity contribution in [1.29, 1.82) is 0 Å². The van der Waals surface area contributed by atoms with Gasteiger partial charge in [-0.1, -0.05) is 13.0 Å². The third kappa shape index (κ3) is 4.57. The largest absolute Gasteiger partial charge is 0.338 e. The predicted octanol–water partition coefficient (Wildman–Crippen LogP) is 4.67. The zero-order valence-electron chi connectivity index (χ0n) is 20.5. The molecule has 173 valence electrons. The first-order chi connectivity index (χ1) is 14.4. The van der Waals surface area contributed by atoms with Crippen LogP contribution >= 0.6 is 0 Å². The van der Waals surface area contributed by atoms with E-state index in [4.69, 9.17) is 0 Å². The molecule has 32 heavy (non-hydrogen) atoms. The van der Waals surface area contributed by atoms with Crippen LogP contribution in [0, 0.1) is 23.2 Å². The second kappa shape index (κ2) is 9.71. The average molecular weight is 487 g/mol. The average Bonchev–Trinajstić information content (AvgIpc) is 3.03. The van der Waals surface area contributed by atoms with Crippen LogP contribution in [0.4, 0.5) is 0 Å². The molecule has 3 aliphatic carbocycles. The van der Waals surface area contributed by atoms with Gasteiger partial charge in [-0.05, 0) is 113 Å². The molecule has 0 saturated heterocycles. The number of hydrogen-bond acceptors (Lipinski definition) is 3. The zero-order valence-corrected chi connectivity index (χ0v) is 24.4. The maximum atomic E-state index is 13.6. The molecule has 2 saturated carbocycles. The normalized spacial score (nSPS) is 31.5. The Morgan fingerprint density at radius 3 is 2.34 bits per heavy atom. The minimum absolute atomic E-state index is 0. The second-order valence-corrected chi connectivity index (χ2v) is 12.3. The fourth-order valence-electron chi connectivity index (χ4n) is 7.41. The molecule has 3 aliphatic rings. The molecule has 1 radical (unpaired) electrons. The zero-order chi connectivity index (χ0) is 22.7. The molecule has 0 bridgehead atoms. The van der Waals surface area contributed by atoms with Gasteiger partial charge in [0.15, 0.2) is 0 Å². The van der Waals surface area contributed by atoms with E-state index in [9.17, 15) is 17.8 Å². The van der Waals surface area contributed by atoms with E-state index in [1.54, 1.807) is 12.1 Å². The molecule has 5 nitrogen and oxygen atoms in total. The number of rotatable bonds is 4. The molecule has 1 amide bonds. The van der Waals surface area contributed by atoms with Crippen LogP contribution in [-0.4, -0.2) is 87.2 Å². The van der Waals surface area contributed by atoms with Crippen LogP contribution in [0.15, 0.2) is 23.1 Å². The van der Waals surface area contributed by atoms with Crippen LogP contribution in [0.3, 0.4) is 0 Å². The molecule has 2 fully saturated rings. The van der Waals surface area contributed by atoms with Crippen molar-refractivity contribution >= 4 is 67.4 Å². The third-order valence-electron chi connectivity index (χ3n) is 8.66. The van der Waals surface area contributed by atoms with Gasteiger partial charge in [0.1, 0.15) is 0 Å². The Hall–Kier alpha value is 0.236. The number of carbonyl (C=O) groups excluding carboxylic acids is 1. The van der Waals surface area contributed by atoms with Crippen LogP contribution in [0.25, 0.3) is 0 Å². The summed E-state index contributed by atoms with van der Waals surface area (Å²) in [6.07, 6.45) is 6.05. The molecule has 0 aromatic heterocycles. The molecule has 1 aromatic carbocycles. The topological polar surface area (TPSA) is 74.7 Å². The molecule has 1 N–H and O–H groups in total. The summed E-state index contributed by atoms with van der Waals surface area (Å²) in [7, 11) is -4.17. The summed E-state index contributed by atoms with van der Waals surface area (Å²) in [5.41, 5.74) is 2.37. The van der Waals surface area contributed by atoms with Crippen molar-refractivity contribution in [2.75, 3.05) is 0 Å². The summed E-state index contributed by atoms with van der Waals surface area (Å²) >= 11 is 0. The third-order valence-corrected chi connectivity index (χ3v) is 9.51. The van der Waals surface area contributed by atoms with Crippen molar-refractivity contribution in [1.82, 2.24) is 4.90 Å². The van der Waals surface area contributed by atoms with E-state index in [0.29, 0.717) is 23.7 Å². The molecule has 0 unspecified atom stereocenters. The summed E-state index contributed by atoms with van der Waals surface area (Å²) in [6, 6.07) is 5.57. The number of carbonyl (C=O) groups is 1. The van der Waals surface area contributed by atoms with Crippen molar-refractivity contribution in [2.24, 2.45) is 23.2 Å². The fraction of sp³-hybridized carbons (Fsp3) is 0.720. The van der Waals surface area contributed by atoms with Crippen molar-refractivity contribution in [3.63, 3.8) is 0 Å². The number of hydrogen-bond donors (Lipinski definition) is 1. The molecule has 4 rings (SSSR count). The molecular formula is C25H37KNO4S. The first kappa shape index (κ1) is 26.8. The maximum absolute atomic E-state index is 13.6. The standard InChI is InChI=1S/C25H37NO4S.K/c1-15(2)26(16(3)4)24(27)23-11-10-22-21-8-6-17-14-18(31(28,29)30)7-9-19(17)20(21)12-13-25(22,23)5;/h7,9,14-16,20-23H,6,8,10-13H2,1-5H3,(H,28,29,30);/t20-,21-,22+,23-,25+;/m1./s1. The van der Waals surface area contributed by atoms with Crippen LogP contribution in [0.2, 0.25) is 0 Å². The fourth-order valence-corrected chi connectivity index (χ4v) is 7.94. The Morgan fingerprint density at radius 1 is 1.09 bits per heavy atom. The van der Waals surface area contributed by atoms with E-state index in [2.05, 4.69) is 39.5 Å². The first-order valence-electron chi connectivity index (χ1n) is 11.9. The Labute approximate surface area is 236 Å². The SMILES string of the molecule is CC(C)N(C(=O)[C@H]1CC[C@H]2[C@@H]3CCc4cc(S(=O)(=O)O)ccc4[C@H]3CC[C@]12C)C(C)C.[K].